The molecule has 0 saturated carbocycles. The summed E-state index contributed by atoms with van der Waals surface area (Å²) in [4.78, 5) is 30.9. The fraction of sp³-hybridized carbons (Fsp3) is 0.571. The number of fused-ring (bicyclic) bond motifs is 2. The van der Waals surface area contributed by atoms with Gasteiger partial charge in [0, 0.05) is 13.0 Å². The quantitative estimate of drug-likeness (QED) is 0.108. The molecule has 8 atom stereocenters. The van der Waals surface area contributed by atoms with Crippen LogP contribution in [-0.2, 0) is 18.6 Å². The largest absolute Gasteiger partial charge is 0.396 e. The number of H-pyrrole nitrogens is 1. The molecule has 2 aliphatic heterocycles. The summed E-state index contributed by atoms with van der Waals surface area (Å²) in [6.07, 6.45) is -3.78. The number of nitrogens with one attached hydrogen (secondary N) is 1. The van der Waals surface area contributed by atoms with Crippen molar-refractivity contribution in [1.29, 1.82) is 0 Å². The smallest absolute Gasteiger partial charge is 0.282 e. The first-order valence-electron chi connectivity index (χ1n) is 12.7. The van der Waals surface area contributed by atoms with E-state index in [1.165, 1.54) is 12.7 Å². The van der Waals surface area contributed by atoms with E-state index in [0.717, 1.165) is 4.68 Å². The van der Waals surface area contributed by atoms with Crippen molar-refractivity contribution in [2.75, 3.05) is 24.7 Å². The summed E-state index contributed by atoms with van der Waals surface area (Å²) >= 11 is 4.25. The van der Waals surface area contributed by atoms with Gasteiger partial charge in [0.15, 0.2) is 28.9 Å². The van der Waals surface area contributed by atoms with Crippen LogP contribution in [0, 0.1) is 0 Å². The molecule has 2 unspecified atom stereocenters. The summed E-state index contributed by atoms with van der Waals surface area (Å²) in [7, 11) is 0. The molecule has 6 heterocycles. The molecule has 18 nitrogen and oxygen atoms in total. The molecular formula is C21H27FN11O7PS. The zero-order valence-corrected chi connectivity index (χ0v) is 23.7. The highest BCUT2D eigenvalue weighted by molar-refractivity contribution is 8.46. The summed E-state index contributed by atoms with van der Waals surface area (Å²) in [5.74, 6) is -0.0787. The fourth-order valence-corrected chi connectivity index (χ4v) is 7.79. The van der Waals surface area contributed by atoms with E-state index < -0.39 is 67.4 Å². The van der Waals surface area contributed by atoms with Crippen LogP contribution in [0.4, 0.5) is 16.2 Å². The van der Waals surface area contributed by atoms with E-state index in [1.807, 2.05) is 0 Å². The minimum Gasteiger partial charge on any atom is -0.396 e. The van der Waals surface area contributed by atoms with Crippen LogP contribution in [0.25, 0.3) is 22.3 Å². The Balaban J connectivity index is 1.26. The molecule has 7 N–H and O–H groups in total. The van der Waals surface area contributed by atoms with Crippen molar-refractivity contribution in [2.45, 2.75) is 61.9 Å². The summed E-state index contributed by atoms with van der Waals surface area (Å²) in [5, 5.41) is 28.0. The third-order valence-corrected chi connectivity index (χ3v) is 10.4. The molecule has 0 radical (unpaired) electrons. The van der Waals surface area contributed by atoms with Gasteiger partial charge in [-0.3, -0.25) is 18.9 Å². The molecular weight excluding hydrogens is 600 g/mol. The van der Waals surface area contributed by atoms with Crippen LogP contribution < -0.4 is 17.0 Å². The highest BCUT2D eigenvalue weighted by Crippen LogP contribution is 2.65. The van der Waals surface area contributed by atoms with E-state index in [9.17, 15) is 19.6 Å². The van der Waals surface area contributed by atoms with Crippen molar-refractivity contribution in [3.63, 3.8) is 0 Å². The summed E-state index contributed by atoms with van der Waals surface area (Å²) in [6, 6.07) is 0. The van der Waals surface area contributed by atoms with E-state index in [-0.39, 0.29) is 35.8 Å². The zero-order chi connectivity index (χ0) is 30.0. The van der Waals surface area contributed by atoms with Crippen LogP contribution in [0.15, 0.2) is 17.4 Å². The summed E-state index contributed by atoms with van der Waals surface area (Å²) < 4.78 is 50.0. The Morgan fingerprint density at radius 2 is 2.10 bits per heavy atom. The number of hydrogen-bond donors (Lipinski definition) is 6. The van der Waals surface area contributed by atoms with Crippen LogP contribution in [0.2, 0.25) is 0 Å². The summed E-state index contributed by atoms with van der Waals surface area (Å²) in [5.41, 5.74) is 8.25. The Morgan fingerprint density at radius 1 is 1.31 bits per heavy atom. The summed E-state index contributed by atoms with van der Waals surface area (Å²) in [6.45, 7) is -3.61. The van der Waals surface area contributed by atoms with Crippen molar-refractivity contribution in [1.82, 2.24) is 44.5 Å². The second-order valence-electron chi connectivity index (χ2n) is 10.2. The fourth-order valence-electron chi connectivity index (χ4n) is 5.20. The van der Waals surface area contributed by atoms with Gasteiger partial charge in [0.05, 0.1) is 25.1 Å². The number of hydrogen-bond acceptors (Lipinski definition) is 15. The normalized spacial score (nSPS) is 31.3. The predicted molar refractivity (Wildman–Crippen MR) is 146 cm³/mol. The van der Waals surface area contributed by atoms with Crippen LogP contribution in [0.3, 0.4) is 0 Å². The minimum atomic E-state index is -4.27. The van der Waals surface area contributed by atoms with Crippen molar-refractivity contribution in [3.05, 3.63) is 23.0 Å². The molecule has 2 fully saturated rings. The second-order valence-corrected chi connectivity index (χ2v) is 13.9. The predicted octanol–water partition coefficient (Wildman–Crippen LogP) is -0.317. The molecule has 2 aliphatic rings. The molecule has 42 heavy (non-hydrogen) atoms. The Kier molecular flexibility index (Phi) is 7.19. The topological polar surface area (TPSA) is 257 Å². The number of ether oxygens (including phenoxy) is 2. The standard InChI is InChI=1S/C21H27FN11O7PS/c1-21(9(35)4-10(40-21)32-7-27-12-15(23)25-6-26-16(12)32)5-38-41(37,42)14-11(22)8(2-3-34)39-19(14)33-17-13(30-31-33)18(36)29-20(24)28-17/h6-11,14,19,34-35H,2-5H2,1H3,(H,37,42)(H2,23,25,26)(H3,24,28,29,36)/t8-,9+,10-,11+,14-,19?,21-,41?/m1/s1. The lowest BCUT2D eigenvalue weighted by Gasteiger charge is -2.31. The van der Waals surface area contributed by atoms with Gasteiger partial charge in [-0.2, -0.15) is 9.67 Å². The van der Waals surface area contributed by atoms with Gasteiger partial charge in [-0.15, -0.1) is 5.10 Å². The first-order chi connectivity index (χ1) is 19.9. The molecule has 4 aromatic rings. The maximum absolute atomic E-state index is 15.8. The maximum atomic E-state index is 15.8. The van der Waals surface area contributed by atoms with E-state index >= 15 is 4.39 Å². The molecule has 0 amide bonds. The van der Waals surface area contributed by atoms with Crippen LogP contribution >= 0.6 is 18.8 Å². The van der Waals surface area contributed by atoms with Crippen molar-refractivity contribution in [3.8, 4) is 0 Å². The lowest BCUT2D eigenvalue weighted by atomic mass is 10.0. The Hall–Kier alpha value is -3.26. The average Bonchev–Trinajstić information content (AvgIpc) is 3.68. The van der Waals surface area contributed by atoms with Crippen LogP contribution in [0.1, 0.15) is 32.2 Å². The van der Waals surface area contributed by atoms with Gasteiger partial charge in [-0.1, -0.05) is 17.5 Å². The Bertz CT molecular complexity index is 1750. The van der Waals surface area contributed by atoms with E-state index in [0.29, 0.717) is 11.2 Å². The zero-order valence-electron chi connectivity index (χ0n) is 21.9. The number of rotatable bonds is 8. The number of aliphatic hydroxyl groups is 2. The van der Waals surface area contributed by atoms with Crippen molar-refractivity contribution >= 4 is 52.9 Å². The number of anilines is 2. The molecule has 0 spiro atoms. The number of alkyl halides is 1. The number of aromatic nitrogens is 9. The number of thiol groups is 1. The monoisotopic (exact) mass is 627 g/mol. The third kappa shape index (κ3) is 4.72. The first kappa shape index (κ1) is 28.8. The molecule has 6 rings (SSSR count). The van der Waals surface area contributed by atoms with E-state index in [4.69, 9.17) is 25.5 Å². The Labute approximate surface area is 240 Å². The van der Waals surface area contributed by atoms with Gasteiger partial charge >= 0.3 is 0 Å². The second kappa shape index (κ2) is 10.5. The highest BCUT2D eigenvalue weighted by atomic mass is 32.7. The number of aromatic amines is 1. The van der Waals surface area contributed by atoms with E-state index in [1.54, 1.807) is 11.5 Å². The van der Waals surface area contributed by atoms with Gasteiger partial charge in [-0.05, 0) is 13.3 Å². The van der Waals surface area contributed by atoms with Gasteiger partial charge < -0.3 is 35.7 Å². The molecule has 4 aromatic heterocycles. The molecule has 226 valence electrons. The molecule has 21 heteroatoms. The van der Waals surface area contributed by atoms with Crippen LogP contribution in [0.5, 0.6) is 0 Å². The number of nitrogens with two attached hydrogens (primary N) is 2. The maximum Gasteiger partial charge on any atom is 0.282 e. The average molecular weight is 628 g/mol. The SMILES string of the molecule is C[C@]1(COP(=O)(S)[C@H]2C(n3nnc4c(=O)[nH]c(N)nc43)O[C@H](CCO)[C@@H]2F)O[C@@H](n2cnc3c(N)ncnc32)C[C@@H]1O. The van der Waals surface area contributed by atoms with Gasteiger partial charge in [0.1, 0.15) is 35.5 Å². The molecule has 2 saturated heterocycles. The lowest BCUT2D eigenvalue weighted by molar-refractivity contribution is -0.109. The minimum absolute atomic E-state index is 0.0954. The van der Waals surface area contributed by atoms with Crippen molar-refractivity contribution in [2.24, 2.45) is 0 Å². The first-order valence-corrected chi connectivity index (χ1v) is 15.5. The van der Waals surface area contributed by atoms with E-state index in [2.05, 4.69) is 47.5 Å². The Morgan fingerprint density at radius 3 is 2.86 bits per heavy atom. The molecule has 0 bridgehead atoms. The van der Waals surface area contributed by atoms with Gasteiger partial charge in [0.25, 0.3) is 12.1 Å². The van der Waals surface area contributed by atoms with Crippen molar-refractivity contribution < 1.29 is 33.2 Å². The third-order valence-electron chi connectivity index (χ3n) is 7.44. The number of nitrogens with zero attached hydrogens (tertiary/aromatic N) is 8. The number of halogens is 1. The highest BCUT2D eigenvalue weighted by Gasteiger charge is 2.56. The lowest BCUT2D eigenvalue weighted by Crippen LogP contribution is -2.41. The number of aliphatic hydroxyl groups excluding tert-OH is 2. The number of nitrogen functional groups attached to an aromatic ring is 2. The van der Waals surface area contributed by atoms with Crippen LogP contribution in [-0.4, -0.2) is 97.5 Å². The molecule has 0 aliphatic carbocycles. The van der Waals surface area contributed by atoms with Gasteiger partial charge in [-0.25, -0.2) is 19.3 Å². The van der Waals surface area contributed by atoms with Gasteiger partial charge in [0.2, 0.25) is 5.95 Å². The number of imidazole rings is 1. The molecule has 0 aromatic carbocycles.